The van der Waals surface area contributed by atoms with Crippen LogP contribution in [0.25, 0.3) is 23.4 Å². The Morgan fingerprint density at radius 2 is 1.38 bits per heavy atom. The zero-order valence-corrected chi connectivity index (χ0v) is 35.0. The third kappa shape index (κ3) is 8.12. The number of anilines is 2. The van der Waals surface area contributed by atoms with Gasteiger partial charge in [0.15, 0.2) is 5.78 Å². The zero-order chi connectivity index (χ0) is 41.3. The summed E-state index contributed by atoms with van der Waals surface area (Å²) in [4.78, 5) is 56.9. The summed E-state index contributed by atoms with van der Waals surface area (Å²) in [7, 11) is 4.30. The van der Waals surface area contributed by atoms with Gasteiger partial charge in [0.1, 0.15) is 40.1 Å². The second-order valence-corrected chi connectivity index (χ2v) is 16.6. The Bertz CT molecular complexity index is 2610. The van der Waals surface area contributed by atoms with E-state index < -0.39 is 0 Å². The predicted molar refractivity (Wildman–Crippen MR) is 236 cm³/mol. The number of allylic oxidation sites excluding steroid dienone is 2. The molecule has 0 spiro atoms. The number of nitrogens with one attached hydrogen (secondary N) is 1. The van der Waals surface area contributed by atoms with Crippen molar-refractivity contribution in [3.63, 3.8) is 0 Å². The van der Waals surface area contributed by atoms with Crippen molar-refractivity contribution in [3.8, 4) is 0 Å². The molecule has 6 aromatic rings. The Morgan fingerprint density at radius 1 is 0.717 bits per heavy atom. The molecule has 3 aliphatic heterocycles. The number of aromatic nitrogens is 6. The third-order valence-electron chi connectivity index (χ3n) is 12.3. The Morgan fingerprint density at radius 3 is 2.10 bits per heavy atom. The first-order chi connectivity index (χ1) is 29.2. The average molecular weight is 804 g/mol. The van der Waals surface area contributed by atoms with Crippen molar-refractivity contribution in [2.45, 2.75) is 45.2 Å². The van der Waals surface area contributed by atoms with Crippen molar-refractivity contribution in [1.29, 1.82) is 0 Å². The van der Waals surface area contributed by atoms with E-state index in [0.717, 1.165) is 115 Å². The standard InChI is InChI=1S/C47H53N11O2/c1-32-9-7-16-48-38(32)28-35(41(60)14-13-37-46(55-23-19-53(3)20-24-55)57-18-6-5-11-42(57)51-37)27-34-12-15-43-52-45(47(58(43)31-34)56-25-21-54(4)22-26-56)40-30-36(59)29-39(50-40)44-33(2)10-8-17-49-44/h5-18,28,31,39-40,50H,19-27,29-30H2,1-4H3/b14-13+,35-28+. The Kier molecular flexibility index (Phi) is 11.1. The molecular formula is C47H53N11O2. The first-order valence-corrected chi connectivity index (χ1v) is 21.1. The summed E-state index contributed by atoms with van der Waals surface area (Å²) in [5, 5.41) is 3.79. The van der Waals surface area contributed by atoms with Gasteiger partial charge in [-0.15, -0.1) is 0 Å². The molecule has 0 amide bonds. The van der Waals surface area contributed by atoms with Gasteiger partial charge in [0.2, 0.25) is 0 Å². The maximum absolute atomic E-state index is 14.5. The number of aryl methyl sites for hydroxylation is 2. The smallest absolute Gasteiger partial charge is 0.182 e. The highest BCUT2D eigenvalue weighted by Gasteiger charge is 2.35. The summed E-state index contributed by atoms with van der Waals surface area (Å²) in [6, 6.07) is 17.5. The van der Waals surface area contributed by atoms with Crippen molar-refractivity contribution in [2.24, 2.45) is 0 Å². The van der Waals surface area contributed by atoms with E-state index in [2.05, 4.69) is 70.0 Å². The number of fused-ring (bicyclic) bond motifs is 2. The van der Waals surface area contributed by atoms with E-state index in [-0.39, 0.29) is 23.7 Å². The molecule has 1 N–H and O–H groups in total. The van der Waals surface area contributed by atoms with E-state index in [1.807, 2.05) is 80.7 Å². The molecule has 0 aliphatic carbocycles. The number of piperazine rings is 2. The Hall–Kier alpha value is -6.02. The number of imidazole rings is 2. The molecule has 0 saturated carbocycles. The molecule has 2 atom stereocenters. The number of Topliss-reactive ketones (excluding diaryl/α,β-unsaturated/α-hetero) is 1. The first kappa shape index (κ1) is 39.4. The van der Waals surface area contributed by atoms with E-state index in [1.165, 1.54) is 0 Å². The van der Waals surface area contributed by atoms with Gasteiger partial charge >= 0.3 is 0 Å². The maximum Gasteiger partial charge on any atom is 0.182 e. The first-order valence-electron chi connectivity index (χ1n) is 21.1. The number of hydrogen-bond acceptors (Lipinski definition) is 11. The van der Waals surface area contributed by atoms with Gasteiger partial charge in [-0.05, 0) is 93.2 Å². The highest BCUT2D eigenvalue weighted by molar-refractivity contribution is 6.09. The molecule has 0 aromatic carbocycles. The molecule has 308 valence electrons. The number of rotatable bonds is 10. The van der Waals surface area contributed by atoms with Crippen LogP contribution in [0, 0.1) is 13.8 Å². The molecule has 6 aromatic heterocycles. The number of carbonyl (C=O) groups excluding carboxylic acids is 2. The summed E-state index contributed by atoms with van der Waals surface area (Å²) in [6.45, 7) is 11.2. The summed E-state index contributed by atoms with van der Waals surface area (Å²) in [5.74, 6) is 2.08. The number of carbonyl (C=O) groups is 2. The summed E-state index contributed by atoms with van der Waals surface area (Å²) in [5.41, 5.74) is 8.58. The van der Waals surface area contributed by atoms with Gasteiger partial charge in [-0.1, -0.05) is 24.3 Å². The van der Waals surface area contributed by atoms with Crippen LogP contribution < -0.4 is 15.1 Å². The van der Waals surface area contributed by atoms with Crippen molar-refractivity contribution >= 4 is 46.6 Å². The Balaban J connectivity index is 1.08. The molecule has 60 heavy (non-hydrogen) atoms. The second kappa shape index (κ2) is 16.9. The van der Waals surface area contributed by atoms with Crippen molar-refractivity contribution in [2.75, 3.05) is 76.3 Å². The van der Waals surface area contributed by atoms with Crippen LogP contribution in [-0.4, -0.2) is 117 Å². The fourth-order valence-corrected chi connectivity index (χ4v) is 8.83. The number of piperidine rings is 1. The molecule has 3 saturated heterocycles. The van der Waals surface area contributed by atoms with Gasteiger partial charge < -0.3 is 19.6 Å². The predicted octanol–water partition coefficient (Wildman–Crippen LogP) is 5.54. The number of pyridine rings is 4. The van der Waals surface area contributed by atoms with Gasteiger partial charge in [0.05, 0.1) is 23.5 Å². The average Bonchev–Trinajstić information content (AvgIpc) is 3.82. The number of hydrogen-bond donors (Lipinski definition) is 1. The van der Waals surface area contributed by atoms with Crippen LogP contribution in [0.4, 0.5) is 11.6 Å². The fourth-order valence-electron chi connectivity index (χ4n) is 8.83. The molecule has 13 nitrogen and oxygen atoms in total. The van der Waals surface area contributed by atoms with Gasteiger partial charge in [0, 0.05) is 102 Å². The molecule has 13 heteroatoms. The molecule has 3 fully saturated rings. The van der Waals surface area contributed by atoms with Crippen LogP contribution in [0.5, 0.6) is 0 Å². The van der Waals surface area contributed by atoms with Gasteiger partial charge in [-0.3, -0.25) is 33.7 Å². The molecule has 9 heterocycles. The van der Waals surface area contributed by atoms with E-state index in [0.29, 0.717) is 24.8 Å². The van der Waals surface area contributed by atoms with E-state index in [4.69, 9.17) is 9.97 Å². The largest absolute Gasteiger partial charge is 0.354 e. The minimum atomic E-state index is -0.277. The highest BCUT2D eigenvalue weighted by atomic mass is 16.1. The third-order valence-corrected chi connectivity index (χ3v) is 12.3. The lowest BCUT2D eigenvalue weighted by Crippen LogP contribution is -2.46. The van der Waals surface area contributed by atoms with Gasteiger partial charge in [-0.2, -0.15) is 0 Å². The van der Waals surface area contributed by atoms with Crippen LogP contribution in [0.3, 0.4) is 0 Å². The maximum atomic E-state index is 14.5. The monoisotopic (exact) mass is 803 g/mol. The highest BCUT2D eigenvalue weighted by Crippen LogP contribution is 2.37. The van der Waals surface area contributed by atoms with E-state index in [9.17, 15) is 9.59 Å². The second-order valence-electron chi connectivity index (χ2n) is 16.6. The number of nitrogens with zero attached hydrogens (tertiary/aromatic N) is 10. The van der Waals surface area contributed by atoms with Gasteiger partial charge in [0.25, 0.3) is 0 Å². The van der Waals surface area contributed by atoms with E-state index in [1.54, 1.807) is 18.5 Å². The Labute approximate surface area is 351 Å². The lowest BCUT2D eigenvalue weighted by atomic mass is 9.92. The SMILES string of the molecule is Cc1cccnc1/C=C(\Cc1ccc2nc(C3CC(=O)CC(c4ncccc4C)N3)c(N3CCN(C)CC3)n2c1)C(=O)/C=C/c1nc2ccccn2c1N1CCN(C)CC1. The molecule has 9 rings (SSSR count). The van der Waals surface area contributed by atoms with Crippen molar-refractivity contribution in [1.82, 2.24) is 43.9 Å². The van der Waals surface area contributed by atoms with E-state index >= 15 is 0 Å². The molecule has 3 aliphatic rings. The summed E-state index contributed by atoms with van der Waals surface area (Å²) < 4.78 is 4.29. The topological polar surface area (TPSA) is 120 Å². The van der Waals surface area contributed by atoms with Crippen LogP contribution in [0.2, 0.25) is 0 Å². The van der Waals surface area contributed by atoms with Crippen molar-refractivity contribution < 1.29 is 9.59 Å². The molecule has 0 radical (unpaired) electrons. The normalized spacial score (nSPS) is 19.9. The molecular weight excluding hydrogens is 751 g/mol. The van der Waals surface area contributed by atoms with Crippen LogP contribution >= 0.6 is 0 Å². The number of likely N-dealkylation sites (N-methyl/N-ethyl adjacent to an activating group) is 2. The minimum absolute atomic E-state index is 0.104. The quantitative estimate of drug-likeness (QED) is 0.176. The fraction of sp³-hybridized carbons (Fsp3) is 0.362. The van der Waals surface area contributed by atoms with Crippen LogP contribution in [-0.2, 0) is 16.0 Å². The molecule has 0 bridgehead atoms. The van der Waals surface area contributed by atoms with Crippen molar-refractivity contribution in [3.05, 3.63) is 130 Å². The van der Waals surface area contributed by atoms with Gasteiger partial charge in [-0.25, -0.2) is 9.97 Å². The van der Waals surface area contributed by atoms with Crippen LogP contribution in [0.1, 0.15) is 64.4 Å². The zero-order valence-electron chi connectivity index (χ0n) is 35.0. The number of ketones is 2. The summed E-state index contributed by atoms with van der Waals surface area (Å²) >= 11 is 0. The lowest BCUT2D eigenvalue weighted by molar-refractivity contribution is -0.121. The summed E-state index contributed by atoms with van der Waals surface area (Å²) in [6.07, 6.45) is 14.3. The lowest BCUT2D eigenvalue weighted by Gasteiger charge is -2.36. The molecule has 2 unspecified atom stereocenters. The minimum Gasteiger partial charge on any atom is -0.354 e. The van der Waals surface area contributed by atoms with Crippen LogP contribution in [0.15, 0.2) is 91.0 Å².